The lowest BCUT2D eigenvalue weighted by molar-refractivity contribution is 0.317. The largest absolute Gasteiger partial charge is 0.494 e. The molecule has 1 nitrogen and oxygen atoms in total. The second-order valence-corrected chi connectivity index (χ2v) is 10.4. The number of fused-ring (bicyclic) bond motifs is 6. The van der Waals surface area contributed by atoms with Gasteiger partial charge < -0.3 is 4.74 Å². The van der Waals surface area contributed by atoms with E-state index in [2.05, 4.69) is 85.1 Å². The van der Waals surface area contributed by atoms with E-state index < -0.39 is 0 Å². The van der Waals surface area contributed by atoms with Crippen LogP contribution in [0.4, 0.5) is 0 Å². The van der Waals surface area contributed by atoms with Gasteiger partial charge in [-0.15, -0.1) is 22.7 Å². The minimum atomic E-state index is 0.780. The van der Waals surface area contributed by atoms with E-state index in [0.717, 1.165) is 31.6 Å². The standard InChI is InChI=1S/C29H24OS2/c1-2-14-30-24-10-3-19(4-11-24)5-12-25-16-23-9-8-22-17-26-21(18-27(22)29(23)32-25)7-6-20-13-15-31-28(20)26/h3-4,6-11,13,15-18H,2,5,12,14H2,1H3. The average Bonchev–Trinajstić information content (AvgIpc) is 3.48. The molecule has 6 rings (SSSR count). The maximum Gasteiger partial charge on any atom is 0.119 e. The number of thiophene rings is 2. The molecule has 3 heteroatoms. The van der Waals surface area contributed by atoms with Crippen molar-refractivity contribution in [3.05, 3.63) is 88.6 Å². The summed E-state index contributed by atoms with van der Waals surface area (Å²) in [5.74, 6) is 0.969. The Morgan fingerprint density at radius 1 is 0.688 bits per heavy atom. The normalized spacial score (nSPS) is 11.8. The summed E-state index contributed by atoms with van der Waals surface area (Å²) in [6.45, 7) is 2.91. The highest BCUT2D eigenvalue weighted by Gasteiger charge is 2.10. The van der Waals surface area contributed by atoms with Crippen LogP contribution in [0.2, 0.25) is 0 Å². The van der Waals surface area contributed by atoms with E-state index in [9.17, 15) is 0 Å². The van der Waals surface area contributed by atoms with Gasteiger partial charge in [0, 0.05) is 25.0 Å². The predicted molar refractivity (Wildman–Crippen MR) is 142 cm³/mol. The van der Waals surface area contributed by atoms with Gasteiger partial charge in [-0.25, -0.2) is 0 Å². The number of hydrogen-bond donors (Lipinski definition) is 0. The van der Waals surface area contributed by atoms with Gasteiger partial charge >= 0.3 is 0 Å². The second kappa shape index (κ2) is 8.23. The molecule has 6 aromatic rings. The Kier molecular flexibility index (Phi) is 5.09. The molecular formula is C29H24OS2. The van der Waals surface area contributed by atoms with Crippen molar-refractivity contribution < 1.29 is 4.74 Å². The van der Waals surface area contributed by atoms with Crippen LogP contribution >= 0.6 is 22.7 Å². The summed E-state index contributed by atoms with van der Waals surface area (Å²) in [5, 5.41) is 10.3. The van der Waals surface area contributed by atoms with Gasteiger partial charge in [-0.1, -0.05) is 43.3 Å². The van der Waals surface area contributed by atoms with Gasteiger partial charge in [-0.05, 0) is 88.1 Å². The second-order valence-electron chi connectivity index (χ2n) is 8.39. The summed E-state index contributed by atoms with van der Waals surface area (Å²) in [6, 6.07) is 27.0. The van der Waals surface area contributed by atoms with Crippen LogP contribution in [0.15, 0.2) is 78.2 Å². The van der Waals surface area contributed by atoms with Crippen molar-refractivity contribution in [3.63, 3.8) is 0 Å². The molecule has 0 amide bonds. The van der Waals surface area contributed by atoms with Crippen molar-refractivity contribution in [3.8, 4) is 5.75 Å². The van der Waals surface area contributed by atoms with Gasteiger partial charge in [-0.3, -0.25) is 0 Å². The summed E-state index contributed by atoms with van der Waals surface area (Å²) in [4.78, 5) is 1.45. The van der Waals surface area contributed by atoms with E-state index in [1.54, 1.807) is 0 Å². The summed E-state index contributed by atoms with van der Waals surface area (Å²) >= 11 is 3.79. The molecule has 0 aliphatic carbocycles. The first-order chi connectivity index (χ1) is 15.8. The van der Waals surface area contributed by atoms with Crippen LogP contribution in [-0.4, -0.2) is 6.61 Å². The average molecular weight is 453 g/mol. The number of benzene rings is 4. The molecule has 0 saturated heterocycles. The van der Waals surface area contributed by atoms with E-state index in [1.807, 2.05) is 22.7 Å². The number of ether oxygens (including phenoxy) is 1. The fraction of sp³-hybridized carbons (Fsp3) is 0.172. The zero-order chi connectivity index (χ0) is 21.5. The highest BCUT2D eigenvalue weighted by Crippen LogP contribution is 2.38. The molecular weight excluding hydrogens is 428 g/mol. The smallest absolute Gasteiger partial charge is 0.119 e. The lowest BCUT2D eigenvalue weighted by atomic mass is 10.0. The van der Waals surface area contributed by atoms with Crippen LogP contribution in [0.1, 0.15) is 23.8 Å². The molecule has 2 aromatic heterocycles. The zero-order valence-electron chi connectivity index (χ0n) is 18.1. The number of hydrogen-bond acceptors (Lipinski definition) is 3. The Labute approximate surface area is 195 Å². The van der Waals surface area contributed by atoms with Gasteiger partial charge in [0.1, 0.15) is 5.75 Å². The molecule has 2 heterocycles. The zero-order valence-corrected chi connectivity index (χ0v) is 19.7. The van der Waals surface area contributed by atoms with Crippen molar-refractivity contribution >= 4 is 64.4 Å². The quantitative estimate of drug-likeness (QED) is 0.229. The molecule has 32 heavy (non-hydrogen) atoms. The monoisotopic (exact) mass is 452 g/mol. The van der Waals surface area contributed by atoms with Crippen molar-refractivity contribution in [2.75, 3.05) is 6.61 Å². The summed E-state index contributed by atoms with van der Waals surface area (Å²) in [6.07, 6.45) is 3.16. The third-order valence-electron chi connectivity index (χ3n) is 6.16. The van der Waals surface area contributed by atoms with Crippen LogP contribution in [0, 0.1) is 0 Å². The first kappa shape index (κ1) is 19.8. The van der Waals surface area contributed by atoms with Gasteiger partial charge in [-0.2, -0.15) is 0 Å². The molecule has 0 radical (unpaired) electrons. The Morgan fingerprint density at radius 3 is 2.19 bits per heavy atom. The molecule has 158 valence electrons. The fourth-order valence-corrected chi connectivity index (χ4v) is 6.60. The molecule has 0 aliphatic heterocycles. The van der Waals surface area contributed by atoms with Crippen LogP contribution in [0.25, 0.3) is 41.7 Å². The highest BCUT2D eigenvalue weighted by molar-refractivity contribution is 7.20. The first-order valence-corrected chi connectivity index (χ1v) is 12.9. The Morgan fingerprint density at radius 2 is 1.41 bits per heavy atom. The fourth-order valence-electron chi connectivity index (χ4n) is 4.49. The van der Waals surface area contributed by atoms with Crippen molar-refractivity contribution in [2.24, 2.45) is 0 Å². The topological polar surface area (TPSA) is 9.23 Å². The third kappa shape index (κ3) is 3.56. The molecule has 0 aliphatic rings. The Bertz CT molecular complexity index is 1550. The summed E-state index contributed by atoms with van der Waals surface area (Å²) < 4.78 is 8.51. The van der Waals surface area contributed by atoms with Crippen LogP contribution in [0.3, 0.4) is 0 Å². The van der Waals surface area contributed by atoms with Crippen molar-refractivity contribution in [1.29, 1.82) is 0 Å². The first-order valence-electron chi connectivity index (χ1n) is 11.3. The number of aryl methyl sites for hydroxylation is 2. The minimum absolute atomic E-state index is 0.780. The molecule has 0 unspecified atom stereocenters. The van der Waals surface area contributed by atoms with Gasteiger partial charge in [0.2, 0.25) is 0 Å². The lowest BCUT2D eigenvalue weighted by Gasteiger charge is -2.05. The molecule has 0 N–H and O–H groups in total. The van der Waals surface area contributed by atoms with Gasteiger partial charge in [0.15, 0.2) is 0 Å². The van der Waals surface area contributed by atoms with E-state index in [1.165, 1.54) is 52.2 Å². The van der Waals surface area contributed by atoms with E-state index in [-0.39, 0.29) is 0 Å². The van der Waals surface area contributed by atoms with Crippen molar-refractivity contribution in [2.45, 2.75) is 26.2 Å². The van der Waals surface area contributed by atoms with Gasteiger partial charge in [0.05, 0.1) is 6.61 Å². The van der Waals surface area contributed by atoms with E-state index in [4.69, 9.17) is 4.74 Å². The molecule has 0 atom stereocenters. The van der Waals surface area contributed by atoms with Crippen LogP contribution in [-0.2, 0) is 12.8 Å². The molecule has 0 bridgehead atoms. The Hall–Kier alpha value is -2.88. The maximum absolute atomic E-state index is 5.71. The third-order valence-corrected chi connectivity index (χ3v) is 8.37. The van der Waals surface area contributed by atoms with E-state index >= 15 is 0 Å². The Balaban J connectivity index is 1.31. The SMILES string of the molecule is CCCOc1ccc(CCc2cc3ccc4cc5c(ccc6ccsc65)cc4c3s2)cc1. The van der Waals surface area contributed by atoms with Gasteiger partial charge in [0.25, 0.3) is 0 Å². The number of rotatable bonds is 6. The molecule has 4 aromatic carbocycles. The molecule has 0 saturated carbocycles. The van der Waals surface area contributed by atoms with Crippen LogP contribution in [0.5, 0.6) is 5.75 Å². The highest BCUT2D eigenvalue weighted by atomic mass is 32.1. The molecule has 0 spiro atoms. The predicted octanol–water partition coefficient (Wildman–Crippen LogP) is 9.00. The molecule has 0 fully saturated rings. The van der Waals surface area contributed by atoms with E-state index in [0.29, 0.717) is 0 Å². The minimum Gasteiger partial charge on any atom is -0.494 e. The maximum atomic E-state index is 5.71. The summed E-state index contributed by atoms with van der Waals surface area (Å²) in [7, 11) is 0. The summed E-state index contributed by atoms with van der Waals surface area (Å²) in [5.41, 5.74) is 1.36. The lowest BCUT2D eigenvalue weighted by Crippen LogP contribution is -1.95. The van der Waals surface area contributed by atoms with Crippen LogP contribution < -0.4 is 4.74 Å². The van der Waals surface area contributed by atoms with Crippen molar-refractivity contribution in [1.82, 2.24) is 0 Å².